The van der Waals surface area contributed by atoms with Crippen LogP contribution in [-0.2, 0) is 46.4 Å². The number of phenols is 1. The monoisotopic (exact) mass is 702 g/mol. The van der Waals surface area contributed by atoms with Crippen molar-refractivity contribution in [1.29, 1.82) is 0 Å². The van der Waals surface area contributed by atoms with Crippen molar-refractivity contribution in [3.63, 3.8) is 0 Å². The second-order valence-electron chi connectivity index (χ2n) is 11.1. The molecule has 2 aromatic rings. The minimum Gasteiger partial charge on any atom is -0.508 e. The normalized spacial score (nSPS) is 13.8. The highest BCUT2D eigenvalue weighted by Gasteiger charge is 2.31. The van der Waals surface area contributed by atoms with Gasteiger partial charge in [0.25, 0.3) is 0 Å². The Morgan fingerprint density at radius 1 is 0.735 bits per heavy atom. The maximum absolute atomic E-state index is 13.5. The van der Waals surface area contributed by atoms with Gasteiger partial charge in [-0.3, -0.25) is 28.8 Å². The van der Waals surface area contributed by atoms with Crippen LogP contribution in [0.15, 0.2) is 54.6 Å². The first kappa shape index (κ1) is 40.0. The number of rotatable bonds is 20. The molecule has 0 unspecified atom stereocenters. The van der Waals surface area contributed by atoms with Crippen molar-refractivity contribution >= 4 is 53.2 Å². The van der Waals surface area contributed by atoms with Crippen LogP contribution in [0.1, 0.15) is 30.9 Å². The fourth-order valence-electron chi connectivity index (χ4n) is 4.41. The number of nitrogens with two attached hydrogens (primary N) is 1. The molecule has 0 spiro atoms. The first-order chi connectivity index (χ1) is 23.2. The summed E-state index contributed by atoms with van der Waals surface area (Å²) in [6.07, 6.45) is 1.09. The molecule has 0 heterocycles. The lowest BCUT2D eigenvalue weighted by Gasteiger charge is -2.24. The molecule has 2 rings (SSSR count). The Hall–Kier alpha value is -5.16. The molecule has 0 fully saturated rings. The molecule has 0 aliphatic heterocycles. The zero-order valence-corrected chi connectivity index (χ0v) is 27.8. The summed E-state index contributed by atoms with van der Waals surface area (Å²) in [6, 6.07) is 8.48. The molecule has 49 heavy (non-hydrogen) atoms. The van der Waals surface area contributed by atoms with Crippen LogP contribution in [0.5, 0.6) is 5.75 Å². The minimum absolute atomic E-state index is 0.00856. The maximum atomic E-state index is 13.5. The van der Waals surface area contributed by atoms with Crippen molar-refractivity contribution in [2.45, 2.75) is 62.8 Å². The molecule has 0 aliphatic rings. The van der Waals surface area contributed by atoms with E-state index in [1.165, 1.54) is 30.8 Å². The van der Waals surface area contributed by atoms with Gasteiger partial charge in [0.05, 0.1) is 19.0 Å². The summed E-state index contributed by atoms with van der Waals surface area (Å²) < 4.78 is 0. The zero-order valence-electron chi connectivity index (χ0n) is 27.0. The SMILES string of the molecule is CSCC[C@H](NC(=O)[C@H](Cc1ccccc1)NC(=O)CNC(=O)[C@H](C)NC(=O)[C@@H](N)Cc1ccc(O)cc1)C(=O)N[C@@H](CC(=O)O)C(=O)O. The molecule has 10 N–H and O–H groups in total. The van der Waals surface area contributed by atoms with E-state index in [2.05, 4.69) is 26.6 Å². The number of carbonyl (C=O) groups is 7. The highest BCUT2D eigenvalue weighted by atomic mass is 32.2. The van der Waals surface area contributed by atoms with Gasteiger partial charge in [0.1, 0.15) is 29.9 Å². The van der Waals surface area contributed by atoms with E-state index in [1.54, 1.807) is 48.7 Å². The first-order valence-corrected chi connectivity index (χ1v) is 16.6. The summed E-state index contributed by atoms with van der Waals surface area (Å²) >= 11 is 1.36. The molecular weight excluding hydrogens is 660 g/mol. The second kappa shape index (κ2) is 20.3. The summed E-state index contributed by atoms with van der Waals surface area (Å²) in [7, 11) is 0. The Bertz CT molecular complexity index is 1460. The van der Waals surface area contributed by atoms with Gasteiger partial charge >= 0.3 is 11.9 Å². The van der Waals surface area contributed by atoms with Crippen LogP contribution in [0.3, 0.4) is 0 Å². The maximum Gasteiger partial charge on any atom is 0.326 e. The number of thioether (sulfide) groups is 1. The molecule has 5 amide bonds. The topological polar surface area (TPSA) is 266 Å². The van der Waals surface area contributed by atoms with Crippen LogP contribution < -0.4 is 32.3 Å². The molecule has 2 aromatic carbocycles. The number of hydrogen-bond donors (Lipinski definition) is 9. The molecule has 0 aliphatic carbocycles. The fraction of sp³-hybridized carbons (Fsp3) is 0.406. The summed E-state index contributed by atoms with van der Waals surface area (Å²) in [5.41, 5.74) is 7.31. The number of amides is 5. The van der Waals surface area contributed by atoms with Crippen molar-refractivity contribution in [3.05, 3.63) is 65.7 Å². The Balaban J connectivity index is 2.05. The van der Waals surface area contributed by atoms with E-state index < -0.39 is 84.6 Å². The first-order valence-electron chi connectivity index (χ1n) is 15.2. The molecule has 0 saturated carbocycles. The van der Waals surface area contributed by atoms with Crippen LogP contribution >= 0.6 is 11.8 Å². The third-order valence-corrected chi connectivity index (χ3v) is 7.72. The molecule has 16 nitrogen and oxygen atoms in total. The van der Waals surface area contributed by atoms with Gasteiger partial charge in [-0.15, -0.1) is 0 Å². The van der Waals surface area contributed by atoms with Crippen LogP contribution in [0.2, 0.25) is 0 Å². The Kier molecular flexibility index (Phi) is 16.5. The predicted octanol–water partition coefficient (Wildman–Crippen LogP) is -1.11. The van der Waals surface area contributed by atoms with E-state index >= 15 is 0 Å². The van der Waals surface area contributed by atoms with Gasteiger partial charge in [-0.1, -0.05) is 42.5 Å². The van der Waals surface area contributed by atoms with Gasteiger partial charge in [-0.2, -0.15) is 11.8 Å². The number of aliphatic carboxylic acids is 2. The van der Waals surface area contributed by atoms with Gasteiger partial charge in [0.2, 0.25) is 29.5 Å². The predicted molar refractivity (Wildman–Crippen MR) is 179 cm³/mol. The third kappa shape index (κ3) is 14.6. The van der Waals surface area contributed by atoms with Crippen molar-refractivity contribution in [2.75, 3.05) is 18.6 Å². The number of hydrogen-bond acceptors (Lipinski definition) is 10. The van der Waals surface area contributed by atoms with Crippen LogP contribution in [0.25, 0.3) is 0 Å². The van der Waals surface area contributed by atoms with E-state index in [-0.39, 0.29) is 25.0 Å². The highest BCUT2D eigenvalue weighted by molar-refractivity contribution is 7.98. The number of carboxylic acids is 2. The number of nitrogens with one attached hydrogen (secondary N) is 5. The zero-order chi connectivity index (χ0) is 36.5. The molecule has 0 bridgehead atoms. The van der Waals surface area contributed by atoms with E-state index in [9.17, 15) is 43.8 Å². The van der Waals surface area contributed by atoms with Gasteiger partial charge in [0, 0.05) is 6.42 Å². The van der Waals surface area contributed by atoms with Gasteiger partial charge in [0.15, 0.2) is 0 Å². The molecule has 0 radical (unpaired) electrons. The summed E-state index contributed by atoms with van der Waals surface area (Å²) in [5.74, 6) is -6.33. The number of benzene rings is 2. The molecule has 0 aromatic heterocycles. The lowest BCUT2D eigenvalue weighted by Crippen LogP contribution is -2.57. The van der Waals surface area contributed by atoms with E-state index in [0.717, 1.165) is 0 Å². The van der Waals surface area contributed by atoms with Gasteiger partial charge in [-0.05, 0) is 55.0 Å². The fourth-order valence-corrected chi connectivity index (χ4v) is 4.88. The lowest BCUT2D eigenvalue weighted by atomic mass is 10.0. The standard InChI is InChI=1S/C32H42N6O10S/c1-18(35-29(44)22(33)14-20-8-10-21(39)11-9-20)28(43)34-17-26(40)36-24(15-19-6-4-3-5-7-19)31(46)37-23(12-13-49-2)30(45)38-25(32(47)48)16-27(41)42/h3-11,18,22-25,39H,12-17,33H2,1-2H3,(H,34,43)(H,35,44)(H,36,40)(H,37,46)(H,38,45)(H,41,42)(H,47,48)/t18-,22-,23-,24-,25-/m0/s1. The molecule has 17 heteroatoms. The summed E-state index contributed by atoms with van der Waals surface area (Å²) in [5, 5.41) is 39.8. The van der Waals surface area contributed by atoms with Crippen molar-refractivity contribution in [3.8, 4) is 5.75 Å². The van der Waals surface area contributed by atoms with E-state index in [1.807, 2.05) is 0 Å². The number of aromatic hydroxyl groups is 1. The summed E-state index contributed by atoms with van der Waals surface area (Å²) in [6.45, 7) is 0.832. The highest BCUT2D eigenvalue weighted by Crippen LogP contribution is 2.11. The second-order valence-corrected chi connectivity index (χ2v) is 12.1. The van der Waals surface area contributed by atoms with Crippen LogP contribution in [0.4, 0.5) is 0 Å². The average molecular weight is 703 g/mol. The lowest BCUT2D eigenvalue weighted by molar-refractivity contribution is -0.147. The molecule has 0 saturated heterocycles. The van der Waals surface area contributed by atoms with Crippen LogP contribution in [-0.4, -0.2) is 106 Å². The number of phenolic OH excluding ortho intramolecular Hbond substituents is 1. The Morgan fingerprint density at radius 2 is 1.33 bits per heavy atom. The minimum atomic E-state index is -1.73. The smallest absolute Gasteiger partial charge is 0.326 e. The van der Waals surface area contributed by atoms with Gasteiger partial charge < -0.3 is 47.6 Å². The molecular formula is C32H42N6O10S. The number of carbonyl (C=O) groups excluding carboxylic acids is 5. The van der Waals surface area contributed by atoms with Gasteiger partial charge in [-0.25, -0.2) is 4.79 Å². The molecule has 266 valence electrons. The Morgan fingerprint density at radius 3 is 1.92 bits per heavy atom. The number of carboxylic acid groups (broad SMARTS) is 2. The summed E-state index contributed by atoms with van der Waals surface area (Å²) in [4.78, 5) is 87.1. The van der Waals surface area contributed by atoms with Crippen molar-refractivity contribution in [1.82, 2.24) is 26.6 Å². The average Bonchev–Trinajstić information content (AvgIpc) is 3.05. The largest absolute Gasteiger partial charge is 0.508 e. The van der Waals surface area contributed by atoms with E-state index in [0.29, 0.717) is 16.9 Å². The Labute approximate surface area is 287 Å². The van der Waals surface area contributed by atoms with E-state index in [4.69, 9.17) is 10.8 Å². The van der Waals surface area contributed by atoms with Crippen molar-refractivity contribution in [2.24, 2.45) is 5.73 Å². The van der Waals surface area contributed by atoms with Crippen molar-refractivity contribution < 1.29 is 48.9 Å². The quantitative estimate of drug-likeness (QED) is 0.0796. The van der Waals surface area contributed by atoms with Crippen LogP contribution in [0, 0.1) is 0 Å². The molecule has 5 atom stereocenters. The third-order valence-electron chi connectivity index (χ3n) is 7.08.